The third-order valence-electron chi connectivity index (χ3n) is 3.76. The number of hydrogen-bond donors (Lipinski definition) is 1. The Hall–Kier alpha value is -2.47. The zero-order chi connectivity index (χ0) is 20.9. The average Bonchev–Trinajstić information content (AvgIpc) is 3.11. The van der Waals surface area contributed by atoms with Gasteiger partial charge in [-0.05, 0) is 30.7 Å². The molecule has 1 amide bonds. The zero-order valence-corrected chi connectivity index (χ0v) is 16.0. The van der Waals surface area contributed by atoms with Gasteiger partial charge in [0.1, 0.15) is 0 Å². The summed E-state index contributed by atoms with van der Waals surface area (Å²) in [5, 5.41) is 7.92. The summed E-state index contributed by atoms with van der Waals surface area (Å²) >= 11 is 0. The minimum Gasteiger partial charge on any atom is -0.399 e. The van der Waals surface area contributed by atoms with Gasteiger partial charge in [0.05, 0.1) is 4.90 Å². The highest BCUT2D eigenvalue weighted by Gasteiger charge is 2.38. The summed E-state index contributed by atoms with van der Waals surface area (Å²) in [5.41, 5.74) is 0.0160. The van der Waals surface area contributed by atoms with Crippen molar-refractivity contribution < 1.29 is 30.8 Å². The molecule has 0 aliphatic rings. The third-order valence-corrected chi connectivity index (χ3v) is 5.74. The highest BCUT2D eigenvalue weighted by Crippen LogP contribution is 2.28. The second-order valence-electron chi connectivity index (χ2n) is 5.74. The smallest absolute Gasteiger partial charge is 0.399 e. The maximum Gasteiger partial charge on any atom is 0.470 e. The maximum absolute atomic E-state index is 12.6. The van der Waals surface area contributed by atoms with Crippen molar-refractivity contribution in [2.75, 3.05) is 18.4 Å². The van der Waals surface area contributed by atoms with Crippen molar-refractivity contribution in [3.05, 3.63) is 35.7 Å². The second kappa shape index (κ2) is 8.69. The normalized spacial score (nSPS) is 12.4. The van der Waals surface area contributed by atoms with E-state index in [1.165, 1.54) is 28.6 Å². The van der Waals surface area contributed by atoms with E-state index in [1.807, 2.05) is 12.2 Å². The van der Waals surface area contributed by atoms with E-state index < -0.39 is 34.0 Å². The summed E-state index contributed by atoms with van der Waals surface area (Å²) in [6.07, 6.45) is -3.26. The Balaban J connectivity index is 2.13. The minimum absolute atomic E-state index is 0.0131. The Morgan fingerprint density at radius 3 is 2.32 bits per heavy atom. The van der Waals surface area contributed by atoms with Gasteiger partial charge in [0.25, 0.3) is 5.91 Å². The number of sulfonamides is 1. The van der Waals surface area contributed by atoms with Crippen molar-refractivity contribution in [2.45, 2.75) is 37.8 Å². The van der Waals surface area contributed by atoms with Gasteiger partial charge in [-0.2, -0.15) is 17.5 Å². The van der Waals surface area contributed by atoms with E-state index in [0.29, 0.717) is 13.1 Å². The van der Waals surface area contributed by atoms with Gasteiger partial charge in [-0.15, -0.1) is 5.10 Å². The van der Waals surface area contributed by atoms with Gasteiger partial charge in [0, 0.05) is 18.7 Å². The Kier molecular flexibility index (Phi) is 6.77. The predicted molar refractivity (Wildman–Crippen MR) is 93.0 cm³/mol. The summed E-state index contributed by atoms with van der Waals surface area (Å²) in [5.74, 6) is -2.41. The molecule has 0 radical (unpaired) electrons. The number of alkyl halides is 3. The highest BCUT2D eigenvalue weighted by atomic mass is 32.2. The molecule has 0 aliphatic carbocycles. The van der Waals surface area contributed by atoms with E-state index in [2.05, 4.69) is 14.6 Å². The van der Waals surface area contributed by atoms with Crippen LogP contribution in [0.2, 0.25) is 0 Å². The Bertz CT molecular complexity index is 911. The molecule has 0 bridgehead atoms. The minimum atomic E-state index is -4.82. The number of hydrogen-bond acceptors (Lipinski definition) is 6. The third kappa shape index (κ3) is 5.07. The molecule has 0 fully saturated rings. The zero-order valence-electron chi connectivity index (χ0n) is 15.2. The average molecular weight is 420 g/mol. The first-order chi connectivity index (χ1) is 13.1. The molecular weight excluding hydrogens is 401 g/mol. The number of carbonyl (C=O) groups excluding carboxylic acids is 1. The molecule has 0 unspecified atom stereocenters. The molecule has 2 aromatic rings. The van der Waals surface area contributed by atoms with Crippen molar-refractivity contribution in [3.8, 4) is 0 Å². The fourth-order valence-corrected chi connectivity index (χ4v) is 3.76. The van der Waals surface area contributed by atoms with Crippen LogP contribution in [0.15, 0.2) is 33.6 Å². The van der Waals surface area contributed by atoms with E-state index in [4.69, 9.17) is 0 Å². The summed E-state index contributed by atoms with van der Waals surface area (Å²) in [6, 6.07) is 4.29. The van der Waals surface area contributed by atoms with Crippen LogP contribution in [0, 0.1) is 0 Å². The standard InChI is InChI=1S/C16H19F3N4O4S/c1-3-5-10-23(4-2)28(25,26)12-8-6-11(7-9-12)13(24)20-15-22-21-14(27-15)16(17,18)19/h6-9H,3-5,10H2,1-2H3,(H,20,22,24). The number of benzene rings is 1. The number of nitrogens with one attached hydrogen (secondary N) is 1. The quantitative estimate of drug-likeness (QED) is 0.703. The first kappa shape index (κ1) is 21.8. The number of carbonyl (C=O) groups is 1. The van der Waals surface area contributed by atoms with Crippen LogP contribution >= 0.6 is 0 Å². The SMILES string of the molecule is CCCCN(CC)S(=O)(=O)c1ccc(C(=O)Nc2nnc(C(F)(F)F)o2)cc1. The summed E-state index contributed by atoms with van der Waals surface area (Å²) < 4.78 is 68.2. The number of aromatic nitrogens is 2. The first-order valence-corrected chi connectivity index (χ1v) is 9.85. The highest BCUT2D eigenvalue weighted by molar-refractivity contribution is 7.89. The van der Waals surface area contributed by atoms with E-state index in [1.54, 1.807) is 6.92 Å². The van der Waals surface area contributed by atoms with Crippen LogP contribution in [0.4, 0.5) is 19.2 Å². The van der Waals surface area contributed by atoms with Gasteiger partial charge in [-0.1, -0.05) is 25.4 Å². The predicted octanol–water partition coefficient (Wildman–Crippen LogP) is 3.15. The molecule has 0 atom stereocenters. The van der Waals surface area contributed by atoms with Crippen LogP contribution in [0.25, 0.3) is 0 Å². The number of rotatable bonds is 8. The number of anilines is 1. The van der Waals surface area contributed by atoms with Gasteiger partial charge >= 0.3 is 18.1 Å². The summed E-state index contributed by atoms with van der Waals surface area (Å²) in [6.45, 7) is 4.38. The molecule has 0 aliphatic heterocycles. The summed E-state index contributed by atoms with van der Waals surface area (Å²) in [7, 11) is -3.70. The van der Waals surface area contributed by atoms with Gasteiger partial charge in [0.15, 0.2) is 0 Å². The van der Waals surface area contributed by atoms with E-state index in [-0.39, 0.29) is 10.5 Å². The molecule has 0 spiro atoms. The monoisotopic (exact) mass is 420 g/mol. The number of nitrogens with zero attached hydrogens (tertiary/aromatic N) is 3. The van der Waals surface area contributed by atoms with E-state index in [9.17, 15) is 26.4 Å². The topological polar surface area (TPSA) is 105 Å². The van der Waals surface area contributed by atoms with Gasteiger partial charge in [-0.25, -0.2) is 8.42 Å². The van der Waals surface area contributed by atoms with Crippen molar-refractivity contribution in [1.82, 2.24) is 14.5 Å². The lowest BCUT2D eigenvalue weighted by atomic mass is 10.2. The van der Waals surface area contributed by atoms with Crippen LogP contribution in [0.1, 0.15) is 42.9 Å². The van der Waals surface area contributed by atoms with E-state index in [0.717, 1.165) is 12.8 Å². The molecule has 1 aromatic heterocycles. The fourth-order valence-electron chi connectivity index (χ4n) is 2.27. The van der Waals surface area contributed by atoms with Crippen LogP contribution in [0.3, 0.4) is 0 Å². The van der Waals surface area contributed by atoms with Crippen LogP contribution in [-0.2, 0) is 16.2 Å². The molecule has 0 saturated carbocycles. The van der Waals surface area contributed by atoms with Gasteiger partial charge in [-0.3, -0.25) is 10.1 Å². The maximum atomic E-state index is 12.6. The van der Waals surface area contributed by atoms with Crippen molar-refractivity contribution in [2.24, 2.45) is 0 Å². The molecule has 0 saturated heterocycles. The molecule has 2 rings (SSSR count). The molecule has 12 heteroatoms. The van der Waals surface area contributed by atoms with Crippen molar-refractivity contribution in [1.29, 1.82) is 0 Å². The first-order valence-electron chi connectivity index (χ1n) is 8.41. The molecular formula is C16H19F3N4O4S. The number of unbranched alkanes of at least 4 members (excludes halogenated alkanes) is 1. The Morgan fingerprint density at radius 2 is 1.82 bits per heavy atom. The van der Waals surface area contributed by atoms with Crippen LogP contribution < -0.4 is 5.32 Å². The van der Waals surface area contributed by atoms with Gasteiger partial charge in [0.2, 0.25) is 10.0 Å². The van der Waals surface area contributed by atoms with Crippen molar-refractivity contribution in [3.63, 3.8) is 0 Å². The fraction of sp³-hybridized carbons (Fsp3) is 0.438. The lowest BCUT2D eigenvalue weighted by Gasteiger charge is -2.20. The molecule has 154 valence electrons. The Morgan fingerprint density at radius 1 is 1.18 bits per heavy atom. The molecule has 8 nitrogen and oxygen atoms in total. The molecule has 28 heavy (non-hydrogen) atoms. The molecule has 1 N–H and O–H groups in total. The largest absolute Gasteiger partial charge is 0.470 e. The number of halogens is 3. The van der Waals surface area contributed by atoms with Crippen molar-refractivity contribution >= 4 is 21.9 Å². The second-order valence-corrected chi connectivity index (χ2v) is 7.68. The Labute approximate surface area is 159 Å². The summed E-state index contributed by atoms with van der Waals surface area (Å²) in [4.78, 5) is 12.1. The lowest BCUT2D eigenvalue weighted by molar-refractivity contribution is -0.156. The van der Waals surface area contributed by atoms with Crippen LogP contribution in [-0.4, -0.2) is 41.9 Å². The molecule has 1 aromatic carbocycles. The number of amides is 1. The lowest BCUT2D eigenvalue weighted by Crippen LogP contribution is -2.31. The van der Waals surface area contributed by atoms with Crippen LogP contribution in [0.5, 0.6) is 0 Å². The van der Waals surface area contributed by atoms with Gasteiger partial charge < -0.3 is 4.42 Å². The molecule has 1 heterocycles. The van der Waals surface area contributed by atoms with E-state index >= 15 is 0 Å².